The van der Waals surface area contributed by atoms with Crippen LogP contribution >= 0.6 is 11.3 Å². The predicted octanol–water partition coefficient (Wildman–Crippen LogP) is 2.57. The number of carboxylic acid groups (broad SMARTS) is 1. The number of aliphatic carboxylic acids is 1. The quantitative estimate of drug-likeness (QED) is 0.713. The second kappa shape index (κ2) is 7.87. The number of hydrogen-bond donors (Lipinski definition) is 2. The van der Waals surface area contributed by atoms with Crippen LogP contribution in [0.3, 0.4) is 0 Å². The monoisotopic (exact) mass is 269 g/mol. The van der Waals surface area contributed by atoms with Crippen LogP contribution in [-0.2, 0) is 22.6 Å². The molecule has 0 fully saturated rings. The Balaban J connectivity index is 2.19. The molecule has 0 radical (unpaired) electrons. The highest BCUT2D eigenvalue weighted by Crippen LogP contribution is 2.16. The molecule has 1 rings (SSSR count). The van der Waals surface area contributed by atoms with Crippen molar-refractivity contribution in [3.63, 3.8) is 0 Å². The van der Waals surface area contributed by atoms with Crippen molar-refractivity contribution in [1.29, 1.82) is 0 Å². The largest absolute Gasteiger partial charge is 0.481 e. The van der Waals surface area contributed by atoms with Crippen LogP contribution in [0.15, 0.2) is 11.4 Å². The van der Waals surface area contributed by atoms with Gasteiger partial charge in [0.25, 0.3) is 0 Å². The standard InChI is InChI=1S/C13H19NO3S/c1-2-10-7-8-18-11(10)9-14-12(15)5-3-4-6-13(16)17/h7-8H,2-6,9H2,1H3,(H,14,15)(H,16,17). The van der Waals surface area contributed by atoms with Crippen LogP contribution in [0, 0.1) is 0 Å². The number of carboxylic acids is 1. The maximum atomic E-state index is 11.5. The van der Waals surface area contributed by atoms with Crippen LogP contribution in [0.25, 0.3) is 0 Å². The summed E-state index contributed by atoms with van der Waals surface area (Å²) in [6.45, 7) is 2.68. The number of rotatable bonds is 8. The van der Waals surface area contributed by atoms with Gasteiger partial charge in [-0.3, -0.25) is 9.59 Å². The number of aryl methyl sites for hydroxylation is 1. The van der Waals surface area contributed by atoms with Gasteiger partial charge in [0.15, 0.2) is 0 Å². The Hall–Kier alpha value is -1.36. The average Bonchev–Trinajstić information content (AvgIpc) is 2.79. The molecule has 0 unspecified atom stereocenters. The molecule has 0 bridgehead atoms. The lowest BCUT2D eigenvalue weighted by atomic mass is 10.2. The molecule has 4 nitrogen and oxygen atoms in total. The van der Waals surface area contributed by atoms with Crippen LogP contribution in [-0.4, -0.2) is 17.0 Å². The van der Waals surface area contributed by atoms with Gasteiger partial charge in [-0.1, -0.05) is 6.92 Å². The van der Waals surface area contributed by atoms with Crippen molar-refractivity contribution in [3.05, 3.63) is 21.9 Å². The van der Waals surface area contributed by atoms with Crippen molar-refractivity contribution in [2.24, 2.45) is 0 Å². The Labute approximate surface area is 111 Å². The van der Waals surface area contributed by atoms with Crippen LogP contribution in [0.5, 0.6) is 0 Å². The molecule has 0 atom stereocenters. The molecule has 0 saturated carbocycles. The molecule has 18 heavy (non-hydrogen) atoms. The van der Waals surface area contributed by atoms with E-state index < -0.39 is 5.97 Å². The van der Waals surface area contributed by atoms with E-state index in [1.54, 1.807) is 11.3 Å². The Bertz CT molecular complexity index is 401. The Morgan fingerprint density at radius 2 is 2.06 bits per heavy atom. The number of thiophene rings is 1. The Morgan fingerprint density at radius 1 is 1.33 bits per heavy atom. The normalized spacial score (nSPS) is 10.3. The van der Waals surface area contributed by atoms with Crippen LogP contribution < -0.4 is 5.32 Å². The second-order valence-corrected chi connectivity index (χ2v) is 5.10. The molecule has 0 spiro atoms. The van der Waals surface area contributed by atoms with Crippen molar-refractivity contribution in [2.75, 3.05) is 0 Å². The number of amides is 1. The number of unbranched alkanes of at least 4 members (excludes halogenated alkanes) is 1. The van der Waals surface area contributed by atoms with E-state index in [0.717, 1.165) is 6.42 Å². The first kappa shape index (κ1) is 14.7. The zero-order valence-electron chi connectivity index (χ0n) is 10.6. The van der Waals surface area contributed by atoms with E-state index in [9.17, 15) is 9.59 Å². The first-order valence-corrected chi connectivity index (χ1v) is 7.05. The first-order valence-electron chi connectivity index (χ1n) is 6.17. The smallest absolute Gasteiger partial charge is 0.303 e. The molecule has 5 heteroatoms. The lowest BCUT2D eigenvalue weighted by molar-refractivity contribution is -0.137. The summed E-state index contributed by atoms with van der Waals surface area (Å²) in [5, 5.41) is 13.4. The fraction of sp³-hybridized carbons (Fsp3) is 0.538. The lowest BCUT2D eigenvalue weighted by Crippen LogP contribution is -2.22. The van der Waals surface area contributed by atoms with Gasteiger partial charge in [-0.2, -0.15) is 0 Å². The van der Waals surface area contributed by atoms with Crippen LogP contribution in [0.4, 0.5) is 0 Å². The molecule has 2 N–H and O–H groups in total. The second-order valence-electron chi connectivity index (χ2n) is 4.10. The zero-order chi connectivity index (χ0) is 13.4. The minimum absolute atomic E-state index is 0.00385. The maximum absolute atomic E-state index is 11.5. The molecule has 1 aromatic rings. The van der Waals surface area contributed by atoms with Gasteiger partial charge >= 0.3 is 5.97 Å². The molecule has 1 heterocycles. The average molecular weight is 269 g/mol. The fourth-order valence-corrected chi connectivity index (χ4v) is 2.58. The van der Waals surface area contributed by atoms with E-state index in [0.29, 0.717) is 25.8 Å². The maximum Gasteiger partial charge on any atom is 0.303 e. The van der Waals surface area contributed by atoms with Gasteiger partial charge in [0.05, 0.1) is 6.54 Å². The summed E-state index contributed by atoms with van der Waals surface area (Å²) < 4.78 is 0. The third kappa shape index (κ3) is 5.31. The summed E-state index contributed by atoms with van der Waals surface area (Å²) in [4.78, 5) is 23.0. The van der Waals surface area contributed by atoms with Crippen molar-refractivity contribution in [1.82, 2.24) is 5.32 Å². The Morgan fingerprint density at radius 3 is 2.72 bits per heavy atom. The van der Waals surface area contributed by atoms with Gasteiger partial charge in [0.1, 0.15) is 0 Å². The molecule has 1 amide bonds. The summed E-state index contributed by atoms with van der Waals surface area (Å²) >= 11 is 1.66. The number of carbonyl (C=O) groups is 2. The Kier molecular flexibility index (Phi) is 6.43. The summed E-state index contributed by atoms with van der Waals surface area (Å²) in [7, 11) is 0. The number of carbonyl (C=O) groups excluding carboxylic acids is 1. The third-order valence-electron chi connectivity index (χ3n) is 2.71. The molecule has 100 valence electrons. The number of hydrogen-bond acceptors (Lipinski definition) is 3. The highest BCUT2D eigenvalue weighted by molar-refractivity contribution is 7.10. The van der Waals surface area contributed by atoms with E-state index in [2.05, 4.69) is 18.3 Å². The third-order valence-corrected chi connectivity index (χ3v) is 3.67. The molecule has 0 aliphatic heterocycles. The van der Waals surface area contributed by atoms with Crippen molar-refractivity contribution >= 4 is 23.2 Å². The van der Waals surface area contributed by atoms with Gasteiger partial charge in [0.2, 0.25) is 5.91 Å². The van der Waals surface area contributed by atoms with Crippen molar-refractivity contribution in [2.45, 2.75) is 45.6 Å². The number of nitrogens with one attached hydrogen (secondary N) is 1. The van der Waals surface area contributed by atoms with Gasteiger partial charge in [0, 0.05) is 17.7 Å². The highest BCUT2D eigenvalue weighted by Gasteiger charge is 2.06. The van der Waals surface area contributed by atoms with E-state index in [-0.39, 0.29) is 12.3 Å². The summed E-state index contributed by atoms with van der Waals surface area (Å²) in [6, 6.07) is 2.08. The van der Waals surface area contributed by atoms with Crippen molar-refractivity contribution in [3.8, 4) is 0 Å². The van der Waals surface area contributed by atoms with Crippen LogP contribution in [0.1, 0.15) is 43.0 Å². The molecular weight excluding hydrogens is 250 g/mol. The summed E-state index contributed by atoms with van der Waals surface area (Å²) in [5.74, 6) is -0.808. The molecule has 0 aromatic carbocycles. The highest BCUT2D eigenvalue weighted by atomic mass is 32.1. The summed E-state index contributed by atoms with van der Waals surface area (Å²) in [6.07, 6.45) is 2.71. The minimum Gasteiger partial charge on any atom is -0.481 e. The van der Waals surface area contributed by atoms with Gasteiger partial charge < -0.3 is 10.4 Å². The molecule has 0 saturated heterocycles. The predicted molar refractivity (Wildman–Crippen MR) is 71.6 cm³/mol. The molecule has 1 aromatic heterocycles. The lowest BCUT2D eigenvalue weighted by Gasteiger charge is -2.05. The zero-order valence-corrected chi connectivity index (χ0v) is 11.4. The minimum atomic E-state index is -0.804. The summed E-state index contributed by atoms with van der Waals surface area (Å²) in [5.41, 5.74) is 1.28. The van der Waals surface area contributed by atoms with Crippen molar-refractivity contribution < 1.29 is 14.7 Å². The van der Waals surface area contributed by atoms with Crippen LogP contribution in [0.2, 0.25) is 0 Å². The molecule has 0 aliphatic rings. The van der Waals surface area contributed by atoms with Gasteiger partial charge in [-0.25, -0.2) is 0 Å². The SMILES string of the molecule is CCc1ccsc1CNC(=O)CCCCC(=O)O. The van der Waals surface area contributed by atoms with E-state index in [4.69, 9.17) is 5.11 Å². The fourth-order valence-electron chi connectivity index (χ4n) is 1.67. The first-order chi connectivity index (χ1) is 8.63. The van der Waals surface area contributed by atoms with E-state index in [1.165, 1.54) is 10.4 Å². The van der Waals surface area contributed by atoms with E-state index >= 15 is 0 Å². The van der Waals surface area contributed by atoms with Gasteiger partial charge in [-0.05, 0) is 36.3 Å². The van der Waals surface area contributed by atoms with Gasteiger partial charge in [-0.15, -0.1) is 11.3 Å². The molecule has 0 aliphatic carbocycles. The molecular formula is C13H19NO3S. The van der Waals surface area contributed by atoms with E-state index in [1.807, 2.05) is 5.38 Å². The topological polar surface area (TPSA) is 66.4 Å².